The van der Waals surface area contributed by atoms with E-state index in [2.05, 4.69) is 146 Å². The Balaban J connectivity index is 1.17. The molecule has 11 aromatic rings. The molecule has 0 atom stereocenters. The normalized spacial score (nSPS) is 11.6. The zero-order valence-electron chi connectivity index (χ0n) is 29.6. The molecule has 11 rings (SSSR count). The second-order valence-corrected chi connectivity index (χ2v) is 13.9. The van der Waals surface area contributed by atoms with Crippen molar-refractivity contribution >= 4 is 54.3 Å². The first kappa shape index (κ1) is 31.1. The lowest BCUT2D eigenvalue weighted by Gasteiger charge is -2.16. The van der Waals surface area contributed by atoms with E-state index in [0.29, 0.717) is 17.5 Å². The number of nitrogens with zero attached hydrogens (tertiary/aromatic N) is 3. The highest BCUT2D eigenvalue weighted by Gasteiger charge is 2.21. The summed E-state index contributed by atoms with van der Waals surface area (Å²) in [7, 11) is 0. The van der Waals surface area contributed by atoms with E-state index < -0.39 is 0 Å². The van der Waals surface area contributed by atoms with Crippen LogP contribution in [0.4, 0.5) is 0 Å². The molecular formula is C51H31N3O. The van der Waals surface area contributed by atoms with Crippen LogP contribution in [0.15, 0.2) is 192 Å². The van der Waals surface area contributed by atoms with E-state index in [0.717, 1.165) is 60.9 Å². The molecule has 0 unspecified atom stereocenters. The summed E-state index contributed by atoms with van der Waals surface area (Å²) in [4.78, 5) is 15.9. The molecule has 4 heteroatoms. The van der Waals surface area contributed by atoms with Gasteiger partial charge in [-0.05, 0) is 66.7 Å². The molecule has 9 aromatic carbocycles. The number of hydrogen-bond donors (Lipinski definition) is 0. The summed E-state index contributed by atoms with van der Waals surface area (Å²) >= 11 is 0. The third-order valence-corrected chi connectivity index (χ3v) is 10.8. The van der Waals surface area contributed by atoms with Crippen molar-refractivity contribution in [3.63, 3.8) is 0 Å². The molecule has 4 nitrogen and oxygen atoms in total. The molecule has 0 saturated carbocycles. The predicted octanol–water partition coefficient (Wildman–Crippen LogP) is 13.6. The van der Waals surface area contributed by atoms with E-state index in [1.54, 1.807) is 0 Å². The highest BCUT2D eigenvalue weighted by molar-refractivity contribution is 6.19. The van der Waals surface area contributed by atoms with Crippen LogP contribution in [-0.4, -0.2) is 15.0 Å². The third kappa shape index (κ3) is 5.11. The van der Waals surface area contributed by atoms with Gasteiger partial charge in [-0.2, -0.15) is 0 Å². The van der Waals surface area contributed by atoms with Gasteiger partial charge in [-0.3, -0.25) is 0 Å². The first-order chi connectivity index (χ1) is 27.3. The van der Waals surface area contributed by atoms with Gasteiger partial charge >= 0.3 is 0 Å². The van der Waals surface area contributed by atoms with Crippen LogP contribution in [0, 0.1) is 0 Å². The van der Waals surface area contributed by atoms with Crippen molar-refractivity contribution < 1.29 is 4.42 Å². The van der Waals surface area contributed by atoms with Gasteiger partial charge in [0.15, 0.2) is 17.5 Å². The van der Waals surface area contributed by atoms with E-state index in [1.807, 2.05) is 42.5 Å². The average molecular weight is 702 g/mol. The van der Waals surface area contributed by atoms with Gasteiger partial charge in [0.1, 0.15) is 11.2 Å². The predicted molar refractivity (Wildman–Crippen MR) is 227 cm³/mol. The molecule has 256 valence electrons. The Morgan fingerprint density at radius 2 is 0.764 bits per heavy atom. The molecule has 0 aliphatic carbocycles. The lowest BCUT2D eigenvalue weighted by Crippen LogP contribution is -2.02. The zero-order valence-corrected chi connectivity index (χ0v) is 29.6. The fourth-order valence-electron chi connectivity index (χ4n) is 8.25. The second kappa shape index (κ2) is 12.6. The van der Waals surface area contributed by atoms with Crippen molar-refractivity contribution in [2.45, 2.75) is 0 Å². The monoisotopic (exact) mass is 701 g/mol. The maximum Gasteiger partial charge on any atom is 0.164 e. The van der Waals surface area contributed by atoms with Crippen molar-refractivity contribution in [3.8, 4) is 56.4 Å². The lowest BCUT2D eigenvalue weighted by atomic mass is 9.91. The fourth-order valence-corrected chi connectivity index (χ4v) is 8.25. The molecule has 0 amide bonds. The molecule has 0 bridgehead atoms. The summed E-state index contributed by atoms with van der Waals surface area (Å²) in [6, 6.07) is 65.7. The number of aromatic nitrogens is 3. The number of hydrogen-bond acceptors (Lipinski definition) is 4. The van der Waals surface area contributed by atoms with Crippen LogP contribution in [-0.2, 0) is 0 Å². The van der Waals surface area contributed by atoms with Crippen molar-refractivity contribution in [3.05, 3.63) is 188 Å². The second-order valence-electron chi connectivity index (χ2n) is 13.9. The Kier molecular flexibility index (Phi) is 7.14. The summed E-state index contributed by atoms with van der Waals surface area (Å²) in [6.07, 6.45) is 0. The Hall–Kier alpha value is -7.43. The molecule has 2 aromatic heterocycles. The van der Waals surface area contributed by atoms with Crippen LogP contribution in [0.5, 0.6) is 0 Å². The molecule has 55 heavy (non-hydrogen) atoms. The van der Waals surface area contributed by atoms with Crippen LogP contribution in [0.1, 0.15) is 0 Å². The highest BCUT2D eigenvalue weighted by Crippen LogP contribution is 2.41. The van der Waals surface area contributed by atoms with Gasteiger partial charge in [-0.1, -0.05) is 176 Å². The van der Waals surface area contributed by atoms with Crippen LogP contribution in [0.25, 0.3) is 111 Å². The molecule has 0 spiro atoms. The maximum absolute atomic E-state index is 6.32. The average Bonchev–Trinajstić information content (AvgIpc) is 3.65. The maximum atomic E-state index is 6.32. The Labute approximate surface area is 317 Å². The Bertz CT molecular complexity index is 3270. The van der Waals surface area contributed by atoms with E-state index in [-0.39, 0.29) is 0 Å². The van der Waals surface area contributed by atoms with Gasteiger partial charge in [0, 0.05) is 27.5 Å². The minimum atomic E-state index is 0.589. The van der Waals surface area contributed by atoms with Gasteiger partial charge in [-0.25, -0.2) is 15.0 Å². The summed E-state index contributed by atoms with van der Waals surface area (Å²) < 4.78 is 6.32. The number of fused-ring (bicyclic) bond motifs is 8. The molecule has 0 fully saturated rings. The minimum absolute atomic E-state index is 0.589. The van der Waals surface area contributed by atoms with Gasteiger partial charge < -0.3 is 4.42 Å². The van der Waals surface area contributed by atoms with Gasteiger partial charge in [0.05, 0.1) is 0 Å². The molecule has 0 aliphatic rings. The molecule has 0 saturated heterocycles. The van der Waals surface area contributed by atoms with E-state index in [4.69, 9.17) is 19.4 Å². The smallest absolute Gasteiger partial charge is 0.164 e. The lowest BCUT2D eigenvalue weighted by molar-refractivity contribution is 0.669. The van der Waals surface area contributed by atoms with Crippen molar-refractivity contribution in [1.82, 2.24) is 15.0 Å². The Morgan fingerprint density at radius 3 is 1.58 bits per heavy atom. The van der Waals surface area contributed by atoms with Crippen molar-refractivity contribution in [1.29, 1.82) is 0 Å². The minimum Gasteiger partial charge on any atom is -0.456 e. The summed E-state index contributed by atoms with van der Waals surface area (Å²) in [5, 5.41) is 9.38. The van der Waals surface area contributed by atoms with Crippen LogP contribution >= 0.6 is 0 Å². The highest BCUT2D eigenvalue weighted by atomic mass is 16.3. The summed E-state index contributed by atoms with van der Waals surface area (Å²) in [5.74, 6) is 1.80. The topological polar surface area (TPSA) is 51.8 Å². The van der Waals surface area contributed by atoms with Gasteiger partial charge in [-0.15, -0.1) is 0 Å². The number of rotatable bonds is 5. The van der Waals surface area contributed by atoms with Crippen molar-refractivity contribution in [2.75, 3.05) is 0 Å². The third-order valence-electron chi connectivity index (χ3n) is 10.8. The fraction of sp³-hybridized carbons (Fsp3) is 0. The number of furan rings is 1. The van der Waals surface area contributed by atoms with E-state index in [1.165, 1.54) is 32.3 Å². The standard InChI is InChI=1S/C51H31N3O/c1-2-14-32(15-3-1)35-18-6-8-20-42(35)49-52-50(54-51(53-49)45-25-13-27-47-48(45)44-22-10-11-26-46(44)55-47)43-21-9-7-19-38(43)36-23-12-24-37-40-29-28-33-16-4-5-17-34(33)39(40)30-31-41(36)37/h1-31H. The Morgan fingerprint density at radius 1 is 0.273 bits per heavy atom. The largest absolute Gasteiger partial charge is 0.456 e. The van der Waals surface area contributed by atoms with Gasteiger partial charge in [0.2, 0.25) is 0 Å². The van der Waals surface area contributed by atoms with E-state index >= 15 is 0 Å². The molecule has 0 N–H and O–H groups in total. The van der Waals surface area contributed by atoms with Crippen LogP contribution in [0.3, 0.4) is 0 Å². The molecular weight excluding hydrogens is 671 g/mol. The van der Waals surface area contributed by atoms with Gasteiger partial charge in [0.25, 0.3) is 0 Å². The quantitative estimate of drug-likeness (QED) is 0.168. The number of para-hydroxylation sites is 1. The molecule has 0 radical (unpaired) electrons. The molecule has 0 aliphatic heterocycles. The van der Waals surface area contributed by atoms with Crippen LogP contribution in [0.2, 0.25) is 0 Å². The number of benzene rings is 9. The zero-order chi connectivity index (χ0) is 36.3. The van der Waals surface area contributed by atoms with Crippen molar-refractivity contribution in [2.24, 2.45) is 0 Å². The van der Waals surface area contributed by atoms with E-state index in [9.17, 15) is 0 Å². The summed E-state index contributed by atoms with van der Waals surface area (Å²) in [5.41, 5.74) is 8.72. The first-order valence-electron chi connectivity index (χ1n) is 18.5. The summed E-state index contributed by atoms with van der Waals surface area (Å²) in [6.45, 7) is 0. The molecule has 2 heterocycles. The van der Waals surface area contributed by atoms with Crippen LogP contribution < -0.4 is 0 Å². The SMILES string of the molecule is c1ccc(-c2ccccc2-c2nc(-c3ccccc3-c3cccc4c3ccc3c5ccccc5ccc43)nc(-c3cccc4oc5ccccc5c34)n2)cc1. The first-order valence-corrected chi connectivity index (χ1v) is 18.5.